The van der Waals surface area contributed by atoms with Crippen LogP contribution in [0.15, 0.2) is 24.3 Å². The molecule has 1 amide bonds. The fourth-order valence-corrected chi connectivity index (χ4v) is 5.23. The van der Waals surface area contributed by atoms with Crippen molar-refractivity contribution in [1.82, 2.24) is 10.2 Å². The first-order valence-electron chi connectivity index (χ1n) is 12.0. The van der Waals surface area contributed by atoms with E-state index >= 15 is 0 Å². The van der Waals surface area contributed by atoms with Crippen LogP contribution in [0, 0.1) is 10.1 Å². The molecular formula is C24H39N3O7Si. The molecule has 1 saturated heterocycles. The Bertz CT molecular complexity index is 886. The SMILES string of the molecule is CCOC(=O)CC(NC)[C@@H]1C[C@@H](O[Si](C)(C)C(C)(C)C)CN1C(=O)OCc1ccc([N+](=O)[O-])cc1. The van der Waals surface area contributed by atoms with Crippen LogP contribution in [0.5, 0.6) is 0 Å². The highest BCUT2D eigenvalue weighted by molar-refractivity contribution is 6.74. The van der Waals surface area contributed by atoms with Gasteiger partial charge in [0.25, 0.3) is 5.69 Å². The van der Waals surface area contributed by atoms with Crippen LogP contribution in [0.3, 0.4) is 0 Å². The number of amides is 1. The number of esters is 1. The number of likely N-dealkylation sites (N-methyl/N-ethyl adjacent to an activating group) is 1. The van der Waals surface area contributed by atoms with Crippen molar-refractivity contribution in [2.45, 2.75) is 83.5 Å². The number of ether oxygens (including phenoxy) is 2. The van der Waals surface area contributed by atoms with E-state index < -0.39 is 19.3 Å². The summed E-state index contributed by atoms with van der Waals surface area (Å²) in [6.45, 7) is 13.2. The normalized spacial score (nSPS) is 19.3. The highest BCUT2D eigenvalue weighted by atomic mass is 28.4. The second-order valence-electron chi connectivity index (χ2n) is 10.3. The van der Waals surface area contributed by atoms with Crippen LogP contribution in [0.4, 0.5) is 10.5 Å². The minimum absolute atomic E-state index is 0.0136. The van der Waals surface area contributed by atoms with Crippen LogP contribution in [0.25, 0.3) is 0 Å². The molecule has 0 bridgehead atoms. The molecule has 1 aromatic rings. The fourth-order valence-electron chi connectivity index (χ4n) is 3.87. The monoisotopic (exact) mass is 509 g/mol. The second kappa shape index (κ2) is 12.0. The molecule has 1 N–H and O–H groups in total. The highest BCUT2D eigenvalue weighted by Crippen LogP contribution is 2.39. The maximum atomic E-state index is 13.2. The average molecular weight is 510 g/mol. The molecule has 2 rings (SSSR count). The van der Waals surface area contributed by atoms with Gasteiger partial charge >= 0.3 is 12.1 Å². The first-order chi connectivity index (χ1) is 16.3. The van der Waals surface area contributed by atoms with Gasteiger partial charge in [-0.25, -0.2) is 4.79 Å². The molecule has 0 saturated carbocycles. The lowest BCUT2D eigenvalue weighted by atomic mass is 10.0. The summed E-state index contributed by atoms with van der Waals surface area (Å²) in [7, 11) is -0.329. The van der Waals surface area contributed by atoms with E-state index in [4.69, 9.17) is 13.9 Å². The van der Waals surface area contributed by atoms with Crippen molar-refractivity contribution >= 4 is 26.1 Å². The van der Waals surface area contributed by atoms with Gasteiger partial charge in [0.1, 0.15) is 6.61 Å². The molecule has 1 unspecified atom stereocenters. The Morgan fingerprint density at radius 1 is 1.23 bits per heavy atom. The van der Waals surface area contributed by atoms with Crippen LogP contribution in [-0.2, 0) is 25.3 Å². The summed E-state index contributed by atoms with van der Waals surface area (Å²) < 4.78 is 17.3. The molecule has 1 heterocycles. The predicted octanol–water partition coefficient (Wildman–Crippen LogP) is 4.24. The van der Waals surface area contributed by atoms with Crippen molar-refractivity contribution in [2.24, 2.45) is 0 Å². The number of benzene rings is 1. The number of nitro groups is 1. The van der Waals surface area contributed by atoms with E-state index in [1.54, 1.807) is 31.0 Å². The summed E-state index contributed by atoms with van der Waals surface area (Å²) in [6.07, 6.45) is 0.00233. The minimum Gasteiger partial charge on any atom is -0.466 e. The number of carbonyl (C=O) groups excluding carboxylic acids is 2. The van der Waals surface area contributed by atoms with Crippen molar-refractivity contribution in [3.63, 3.8) is 0 Å². The quantitative estimate of drug-likeness (QED) is 0.215. The van der Waals surface area contributed by atoms with Gasteiger partial charge in [-0.1, -0.05) is 20.8 Å². The summed E-state index contributed by atoms with van der Waals surface area (Å²) in [4.78, 5) is 37.4. The molecule has 0 radical (unpaired) electrons. The molecular weight excluding hydrogens is 470 g/mol. The molecule has 1 aromatic carbocycles. The zero-order chi connectivity index (χ0) is 26.4. The number of hydrogen-bond acceptors (Lipinski definition) is 8. The molecule has 0 aliphatic carbocycles. The lowest BCUT2D eigenvalue weighted by Gasteiger charge is -2.38. The number of carbonyl (C=O) groups is 2. The Hall–Kier alpha value is -2.50. The van der Waals surface area contributed by atoms with Gasteiger partial charge in [-0.2, -0.15) is 0 Å². The molecule has 0 spiro atoms. The third-order valence-electron chi connectivity index (χ3n) is 6.84. The Morgan fingerprint density at radius 2 is 1.86 bits per heavy atom. The van der Waals surface area contributed by atoms with Crippen LogP contribution in [-0.4, -0.2) is 68.6 Å². The molecule has 11 heteroatoms. The van der Waals surface area contributed by atoms with Gasteiger partial charge in [0, 0.05) is 24.7 Å². The fraction of sp³-hybridized carbons (Fsp3) is 0.667. The first-order valence-corrected chi connectivity index (χ1v) is 14.9. The number of nitro benzene ring substituents is 1. The molecule has 196 valence electrons. The average Bonchev–Trinajstić information content (AvgIpc) is 3.18. The Balaban J connectivity index is 2.17. The molecule has 1 aliphatic rings. The van der Waals surface area contributed by atoms with E-state index in [1.165, 1.54) is 12.1 Å². The van der Waals surface area contributed by atoms with E-state index in [2.05, 4.69) is 39.2 Å². The van der Waals surface area contributed by atoms with Gasteiger partial charge in [-0.15, -0.1) is 0 Å². The lowest BCUT2D eigenvalue weighted by molar-refractivity contribution is -0.384. The largest absolute Gasteiger partial charge is 0.466 e. The highest BCUT2D eigenvalue weighted by Gasteiger charge is 2.46. The summed E-state index contributed by atoms with van der Waals surface area (Å²) >= 11 is 0. The second-order valence-corrected chi connectivity index (χ2v) is 15.1. The summed E-state index contributed by atoms with van der Waals surface area (Å²) in [5, 5.41) is 14.0. The number of non-ortho nitro benzene ring substituents is 1. The number of rotatable bonds is 10. The third-order valence-corrected chi connectivity index (χ3v) is 11.4. The number of likely N-dealkylation sites (tertiary alicyclic amines) is 1. The molecule has 10 nitrogen and oxygen atoms in total. The third kappa shape index (κ3) is 7.74. The van der Waals surface area contributed by atoms with Crippen LogP contribution >= 0.6 is 0 Å². The lowest BCUT2D eigenvalue weighted by Crippen LogP contribution is -2.49. The maximum Gasteiger partial charge on any atom is 0.410 e. The molecule has 0 aromatic heterocycles. The van der Waals surface area contributed by atoms with Gasteiger partial charge in [0.2, 0.25) is 0 Å². The van der Waals surface area contributed by atoms with Gasteiger partial charge in [-0.3, -0.25) is 14.9 Å². The van der Waals surface area contributed by atoms with E-state index in [0.29, 0.717) is 18.5 Å². The number of nitrogens with one attached hydrogen (secondary N) is 1. The first kappa shape index (κ1) is 28.7. The van der Waals surface area contributed by atoms with E-state index in [0.717, 1.165) is 0 Å². The topological polar surface area (TPSA) is 120 Å². The Kier molecular flexibility index (Phi) is 9.82. The van der Waals surface area contributed by atoms with E-state index in [1.807, 2.05) is 0 Å². The van der Waals surface area contributed by atoms with E-state index in [-0.39, 0.29) is 54.5 Å². The standard InChI is InChI=1S/C24H39N3O7Si/c1-8-32-22(28)14-20(25-5)21-13-19(34-35(6,7)24(2,3)4)15-26(21)23(29)33-16-17-9-11-18(12-10-17)27(30)31/h9-12,19-21,25H,8,13-16H2,1-7H3/t19-,20?,21+/m1/s1. The van der Waals surface area contributed by atoms with Crippen molar-refractivity contribution < 1.29 is 28.4 Å². The summed E-state index contributed by atoms with van der Waals surface area (Å²) in [5.74, 6) is -0.334. The Morgan fingerprint density at radius 3 is 2.37 bits per heavy atom. The Labute approximate surface area is 208 Å². The van der Waals surface area contributed by atoms with Crippen molar-refractivity contribution in [3.8, 4) is 0 Å². The number of hydrogen-bond donors (Lipinski definition) is 1. The van der Waals surface area contributed by atoms with E-state index in [9.17, 15) is 19.7 Å². The smallest absolute Gasteiger partial charge is 0.410 e. The summed E-state index contributed by atoms with van der Waals surface area (Å²) in [5.41, 5.74) is 0.617. The van der Waals surface area contributed by atoms with Crippen molar-refractivity contribution in [3.05, 3.63) is 39.9 Å². The molecule has 1 fully saturated rings. The molecule has 3 atom stereocenters. The van der Waals surface area contributed by atoms with Crippen molar-refractivity contribution in [1.29, 1.82) is 0 Å². The maximum absolute atomic E-state index is 13.2. The predicted molar refractivity (Wildman–Crippen MR) is 135 cm³/mol. The minimum atomic E-state index is -2.09. The zero-order valence-electron chi connectivity index (χ0n) is 21.8. The van der Waals surface area contributed by atoms with Crippen LogP contribution in [0.2, 0.25) is 18.1 Å². The molecule has 1 aliphatic heterocycles. The number of nitrogens with zero attached hydrogens (tertiary/aromatic N) is 2. The van der Waals surface area contributed by atoms with Gasteiger partial charge in [-0.05, 0) is 56.2 Å². The van der Waals surface area contributed by atoms with Crippen LogP contribution < -0.4 is 5.32 Å². The molecule has 35 heavy (non-hydrogen) atoms. The summed E-state index contributed by atoms with van der Waals surface area (Å²) in [6, 6.07) is 5.24. The van der Waals surface area contributed by atoms with Gasteiger partial charge < -0.3 is 24.1 Å². The van der Waals surface area contributed by atoms with Crippen LogP contribution in [0.1, 0.15) is 46.1 Å². The van der Waals surface area contributed by atoms with Gasteiger partial charge in [0.05, 0.1) is 30.1 Å². The zero-order valence-corrected chi connectivity index (χ0v) is 22.8. The van der Waals surface area contributed by atoms with Crippen molar-refractivity contribution in [2.75, 3.05) is 20.2 Å². The van der Waals surface area contributed by atoms with Gasteiger partial charge in [0.15, 0.2) is 8.32 Å².